The molecule has 16 heavy (non-hydrogen) atoms. The number of carbonyl (C=O) groups is 1. The van der Waals surface area contributed by atoms with E-state index >= 15 is 0 Å². The van der Waals surface area contributed by atoms with Gasteiger partial charge < -0.3 is 15.2 Å². The minimum Gasteiger partial charge on any atom is -0.385 e. The smallest absolute Gasteiger partial charge is 0.270 e. The van der Waals surface area contributed by atoms with Crippen LogP contribution in [0.3, 0.4) is 0 Å². The first kappa shape index (κ1) is 11.5. The lowest BCUT2D eigenvalue weighted by molar-refractivity contribution is -0.0251. The average molecular weight is 242 g/mol. The van der Waals surface area contributed by atoms with E-state index in [-0.39, 0.29) is 18.6 Å². The lowest BCUT2D eigenvalue weighted by Gasteiger charge is -2.25. The number of ether oxygens (including phenoxy) is 1. The summed E-state index contributed by atoms with van der Waals surface area (Å²) in [6.45, 7) is 2.54. The molecule has 1 aliphatic rings. The minimum atomic E-state index is -0.953. The van der Waals surface area contributed by atoms with Crippen molar-refractivity contribution in [3.05, 3.63) is 16.6 Å². The first-order chi connectivity index (χ1) is 7.62. The van der Waals surface area contributed by atoms with E-state index in [0.717, 1.165) is 0 Å². The summed E-state index contributed by atoms with van der Waals surface area (Å²) in [5, 5.41) is 14.5. The zero-order valence-corrected chi connectivity index (χ0v) is 9.79. The number of hydrogen-bond donors (Lipinski definition) is 2. The Labute approximate surface area is 97.5 Å². The molecule has 1 aromatic heterocycles. The predicted octanol–water partition coefficient (Wildman–Crippen LogP) is 0.413. The summed E-state index contributed by atoms with van der Waals surface area (Å²) in [6, 6.07) is 0. The number of rotatable bonds is 3. The van der Waals surface area contributed by atoms with Crippen LogP contribution in [-0.2, 0) is 4.74 Å². The third kappa shape index (κ3) is 2.23. The molecule has 1 fully saturated rings. The first-order valence-corrected chi connectivity index (χ1v) is 6.06. The number of aliphatic hydroxyl groups is 1. The maximum atomic E-state index is 11.6. The number of aromatic nitrogens is 1. The monoisotopic (exact) mass is 242 g/mol. The molecular formula is C10H14N2O3S. The van der Waals surface area contributed by atoms with Crippen LogP contribution in [0.25, 0.3) is 0 Å². The molecule has 1 aliphatic heterocycles. The van der Waals surface area contributed by atoms with Crippen LogP contribution in [0, 0.1) is 0 Å². The van der Waals surface area contributed by atoms with Gasteiger partial charge in [-0.25, -0.2) is 4.98 Å². The van der Waals surface area contributed by atoms with Gasteiger partial charge in [0.15, 0.2) is 0 Å². The number of amides is 1. The van der Waals surface area contributed by atoms with Crippen molar-refractivity contribution in [2.45, 2.75) is 25.0 Å². The fourth-order valence-electron chi connectivity index (χ4n) is 1.65. The lowest BCUT2D eigenvalue weighted by Crippen LogP contribution is -2.47. The average Bonchev–Trinajstić information content (AvgIpc) is 2.87. The summed E-state index contributed by atoms with van der Waals surface area (Å²) in [5.74, 6) is -0.256. The fourth-order valence-corrected chi connectivity index (χ4v) is 2.18. The molecular weight excluding hydrogens is 228 g/mol. The molecule has 5 nitrogen and oxygen atoms in total. The van der Waals surface area contributed by atoms with Gasteiger partial charge >= 0.3 is 0 Å². The van der Waals surface area contributed by atoms with Crippen LogP contribution in [0.5, 0.6) is 0 Å². The molecule has 6 heteroatoms. The molecule has 2 heterocycles. The van der Waals surface area contributed by atoms with Gasteiger partial charge in [0.2, 0.25) is 0 Å². The van der Waals surface area contributed by atoms with Gasteiger partial charge in [-0.05, 0) is 6.92 Å². The first-order valence-electron chi connectivity index (χ1n) is 5.12. The molecule has 0 saturated carbocycles. The second-order valence-electron chi connectivity index (χ2n) is 3.92. The summed E-state index contributed by atoms with van der Waals surface area (Å²) in [6.07, 6.45) is 0.300. The van der Waals surface area contributed by atoms with E-state index in [1.165, 1.54) is 11.3 Å². The summed E-state index contributed by atoms with van der Waals surface area (Å²) >= 11 is 1.37. The molecule has 2 N–H and O–H groups in total. The highest BCUT2D eigenvalue weighted by atomic mass is 32.1. The van der Waals surface area contributed by atoms with Crippen LogP contribution in [0.4, 0.5) is 0 Å². The highest BCUT2D eigenvalue weighted by molar-refractivity contribution is 7.07. The van der Waals surface area contributed by atoms with Gasteiger partial charge in [-0.2, -0.15) is 0 Å². The van der Waals surface area contributed by atoms with Gasteiger partial charge in [0, 0.05) is 25.0 Å². The van der Waals surface area contributed by atoms with Gasteiger partial charge in [0.25, 0.3) is 5.91 Å². The van der Waals surface area contributed by atoms with Crippen molar-refractivity contribution in [2.75, 3.05) is 13.2 Å². The van der Waals surface area contributed by atoms with Gasteiger partial charge in [0.05, 0.1) is 11.6 Å². The summed E-state index contributed by atoms with van der Waals surface area (Å²) in [4.78, 5) is 15.5. The molecule has 88 valence electrons. The van der Waals surface area contributed by atoms with E-state index in [2.05, 4.69) is 10.3 Å². The molecule has 0 aromatic carbocycles. The summed E-state index contributed by atoms with van der Waals surface area (Å²) in [7, 11) is 0. The van der Waals surface area contributed by atoms with E-state index in [1.807, 2.05) is 6.92 Å². The Morgan fingerprint density at radius 3 is 3.25 bits per heavy atom. The third-order valence-corrected chi connectivity index (χ3v) is 3.47. The van der Waals surface area contributed by atoms with Crippen molar-refractivity contribution in [1.82, 2.24) is 10.3 Å². The number of nitrogens with one attached hydrogen (secondary N) is 1. The van der Waals surface area contributed by atoms with E-state index in [4.69, 9.17) is 4.74 Å². The molecule has 1 aromatic rings. The molecule has 1 amide bonds. The second kappa shape index (κ2) is 4.48. The lowest BCUT2D eigenvalue weighted by atomic mass is 9.97. The number of thiazole rings is 1. The molecule has 0 bridgehead atoms. The van der Waals surface area contributed by atoms with Crippen LogP contribution < -0.4 is 5.32 Å². The highest BCUT2D eigenvalue weighted by Gasteiger charge is 2.39. The molecule has 2 unspecified atom stereocenters. The highest BCUT2D eigenvalue weighted by Crippen LogP contribution is 2.24. The van der Waals surface area contributed by atoms with Crippen LogP contribution in [-0.4, -0.2) is 40.9 Å². The maximum absolute atomic E-state index is 11.6. The van der Waals surface area contributed by atoms with Crippen molar-refractivity contribution in [2.24, 2.45) is 0 Å². The Kier molecular flexibility index (Phi) is 3.22. The topological polar surface area (TPSA) is 71.5 Å². The zero-order valence-electron chi connectivity index (χ0n) is 8.97. The van der Waals surface area contributed by atoms with Crippen LogP contribution in [0.2, 0.25) is 0 Å². The summed E-state index contributed by atoms with van der Waals surface area (Å²) < 4.78 is 5.28. The van der Waals surface area contributed by atoms with Gasteiger partial charge in [-0.3, -0.25) is 4.79 Å². The molecule has 2 rings (SSSR count). The van der Waals surface area contributed by atoms with Crippen molar-refractivity contribution in [3.8, 4) is 0 Å². The molecule has 2 atom stereocenters. The molecule has 0 radical (unpaired) electrons. The maximum Gasteiger partial charge on any atom is 0.270 e. The Bertz CT molecular complexity index is 368. The number of carbonyl (C=O) groups excluding carboxylic acids is 1. The van der Waals surface area contributed by atoms with Gasteiger partial charge in [0.1, 0.15) is 11.3 Å². The minimum absolute atomic E-state index is 0.199. The van der Waals surface area contributed by atoms with E-state index in [0.29, 0.717) is 18.7 Å². The van der Waals surface area contributed by atoms with E-state index in [1.54, 1.807) is 10.9 Å². The predicted molar refractivity (Wildman–Crippen MR) is 59.4 cm³/mol. The number of nitrogens with zero attached hydrogens (tertiary/aromatic N) is 1. The van der Waals surface area contributed by atoms with E-state index in [9.17, 15) is 9.90 Å². The van der Waals surface area contributed by atoms with Crippen LogP contribution in [0.1, 0.15) is 23.8 Å². The summed E-state index contributed by atoms with van der Waals surface area (Å²) in [5.41, 5.74) is 1.04. The van der Waals surface area contributed by atoms with Crippen molar-refractivity contribution in [1.29, 1.82) is 0 Å². The standard InChI is InChI=1S/C10H14N2O3S/c1-7-10(14,2-3-15-7)5-11-9(13)8-4-16-6-12-8/h4,6-7,14H,2-3,5H2,1H3,(H,11,13). The van der Waals surface area contributed by atoms with Crippen molar-refractivity contribution in [3.63, 3.8) is 0 Å². The van der Waals surface area contributed by atoms with Gasteiger partial charge in [-0.1, -0.05) is 0 Å². The Morgan fingerprint density at radius 2 is 2.69 bits per heavy atom. The molecule has 0 spiro atoms. The second-order valence-corrected chi connectivity index (χ2v) is 4.64. The van der Waals surface area contributed by atoms with Crippen molar-refractivity contribution < 1.29 is 14.6 Å². The quantitative estimate of drug-likeness (QED) is 0.805. The normalized spacial score (nSPS) is 29.2. The zero-order chi connectivity index (χ0) is 11.6. The van der Waals surface area contributed by atoms with Crippen LogP contribution in [0.15, 0.2) is 10.9 Å². The SMILES string of the molecule is CC1OCCC1(O)CNC(=O)c1cscn1. The number of hydrogen-bond acceptors (Lipinski definition) is 5. The van der Waals surface area contributed by atoms with Crippen molar-refractivity contribution >= 4 is 17.2 Å². The molecule has 0 aliphatic carbocycles. The Balaban J connectivity index is 1.90. The Morgan fingerprint density at radius 1 is 1.88 bits per heavy atom. The molecule has 1 saturated heterocycles. The third-order valence-electron chi connectivity index (χ3n) is 2.88. The Hall–Kier alpha value is -0.980. The van der Waals surface area contributed by atoms with E-state index < -0.39 is 5.60 Å². The largest absolute Gasteiger partial charge is 0.385 e. The van der Waals surface area contributed by atoms with Gasteiger partial charge in [-0.15, -0.1) is 11.3 Å². The fraction of sp³-hybridized carbons (Fsp3) is 0.600. The van der Waals surface area contributed by atoms with Crippen LogP contribution >= 0.6 is 11.3 Å².